The van der Waals surface area contributed by atoms with Gasteiger partial charge < -0.3 is 14.3 Å². The van der Waals surface area contributed by atoms with Crippen molar-refractivity contribution in [1.29, 1.82) is 0 Å². The Hall–Kier alpha value is -1.26. The second-order valence-electron chi connectivity index (χ2n) is 3.75. The van der Waals surface area contributed by atoms with Crippen LogP contribution in [0.4, 0.5) is 0 Å². The molecule has 0 unspecified atom stereocenters. The summed E-state index contributed by atoms with van der Waals surface area (Å²) in [4.78, 5) is 4.85. The van der Waals surface area contributed by atoms with Crippen LogP contribution in [0.3, 0.4) is 0 Å². The summed E-state index contributed by atoms with van der Waals surface area (Å²) in [6, 6.07) is 4.03. The third kappa shape index (κ3) is 3.61. The van der Waals surface area contributed by atoms with Crippen LogP contribution in [0.1, 0.15) is 24.5 Å². The summed E-state index contributed by atoms with van der Waals surface area (Å²) in [5, 5.41) is 0. The molecule has 0 bridgehead atoms. The minimum atomic E-state index is 0.586. The molecular formula is C13H21NO3. The maximum Gasteiger partial charge on any atom is 0.123 e. The standard InChI is InChI=1S/C13H21NO3/c1-5-6-10-7-13(16-3)11(9-14-17-4)8-12(10)15-2/h7-8,14H,5-6,9H2,1-4H3. The highest BCUT2D eigenvalue weighted by molar-refractivity contribution is 5.46. The molecule has 0 fully saturated rings. The van der Waals surface area contributed by atoms with Gasteiger partial charge in [-0.3, -0.25) is 0 Å². The molecule has 96 valence electrons. The van der Waals surface area contributed by atoms with Crippen molar-refractivity contribution in [3.8, 4) is 11.5 Å². The molecule has 0 aromatic heterocycles. The molecule has 0 amide bonds. The number of hydrogen-bond acceptors (Lipinski definition) is 4. The Labute approximate surface area is 103 Å². The number of aryl methyl sites for hydroxylation is 1. The third-order valence-corrected chi connectivity index (χ3v) is 2.61. The van der Waals surface area contributed by atoms with Crippen LogP contribution >= 0.6 is 0 Å². The Bertz CT molecular complexity index is 353. The van der Waals surface area contributed by atoms with Gasteiger partial charge in [0.25, 0.3) is 0 Å². The highest BCUT2D eigenvalue weighted by atomic mass is 16.6. The van der Waals surface area contributed by atoms with Crippen LogP contribution in [0.5, 0.6) is 11.5 Å². The van der Waals surface area contributed by atoms with Crippen molar-refractivity contribution < 1.29 is 14.3 Å². The van der Waals surface area contributed by atoms with Gasteiger partial charge in [0.1, 0.15) is 11.5 Å². The first-order valence-electron chi connectivity index (χ1n) is 5.76. The maximum absolute atomic E-state index is 5.39. The lowest BCUT2D eigenvalue weighted by molar-refractivity contribution is 0.0861. The molecule has 0 spiro atoms. The minimum absolute atomic E-state index is 0.586. The average Bonchev–Trinajstić information content (AvgIpc) is 2.36. The zero-order valence-corrected chi connectivity index (χ0v) is 11.0. The fraction of sp³-hybridized carbons (Fsp3) is 0.538. The summed E-state index contributed by atoms with van der Waals surface area (Å²) in [6.07, 6.45) is 2.06. The van der Waals surface area contributed by atoms with Crippen LogP contribution in [0, 0.1) is 0 Å². The second kappa shape index (κ2) is 7.14. The molecule has 4 heteroatoms. The van der Waals surface area contributed by atoms with Gasteiger partial charge in [0, 0.05) is 12.1 Å². The fourth-order valence-electron chi connectivity index (χ4n) is 1.78. The molecule has 0 heterocycles. The van der Waals surface area contributed by atoms with E-state index in [-0.39, 0.29) is 0 Å². The molecule has 0 saturated heterocycles. The molecule has 0 aliphatic rings. The number of benzene rings is 1. The largest absolute Gasteiger partial charge is 0.496 e. The van der Waals surface area contributed by atoms with E-state index in [1.54, 1.807) is 21.3 Å². The molecule has 1 rings (SSSR count). The van der Waals surface area contributed by atoms with Crippen molar-refractivity contribution in [2.75, 3.05) is 21.3 Å². The Morgan fingerprint density at radius 3 is 2.12 bits per heavy atom. The van der Waals surface area contributed by atoms with Gasteiger partial charge in [-0.25, -0.2) is 0 Å². The summed E-state index contributed by atoms with van der Waals surface area (Å²) in [5.41, 5.74) is 5.00. The first-order chi connectivity index (χ1) is 8.26. The molecule has 0 saturated carbocycles. The molecule has 1 aromatic rings. The second-order valence-corrected chi connectivity index (χ2v) is 3.75. The Balaban J connectivity index is 3.04. The summed E-state index contributed by atoms with van der Waals surface area (Å²) in [6.45, 7) is 2.73. The first-order valence-corrected chi connectivity index (χ1v) is 5.76. The van der Waals surface area contributed by atoms with Gasteiger partial charge in [-0.05, 0) is 24.1 Å². The van der Waals surface area contributed by atoms with Crippen LogP contribution in [-0.4, -0.2) is 21.3 Å². The predicted molar refractivity (Wildman–Crippen MR) is 67.4 cm³/mol. The van der Waals surface area contributed by atoms with E-state index in [1.165, 1.54) is 5.56 Å². The van der Waals surface area contributed by atoms with E-state index in [9.17, 15) is 0 Å². The molecule has 1 aromatic carbocycles. The van der Waals surface area contributed by atoms with E-state index in [0.29, 0.717) is 6.54 Å². The number of hydrogen-bond donors (Lipinski definition) is 1. The van der Waals surface area contributed by atoms with Crippen molar-refractivity contribution in [2.45, 2.75) is 26.3 Å². The fourth-order valence-corrected chi connectivity index (χ4v) is 1.78. The zero-order chi connectivity index (χ0) is 12.7. The van der Waals surface area contributed by atoms with Crippen LogP contribution in [-0.2, 0) is 17.8 Å². The van der Waals surface area contributed by atoms with E-state index < -0.39 is 0 Å². The number of methoxy groups -OCH3 is 2. The lowest BCUT2D eigenvalue weighted by Crippen LogP contribution is -2.12. The average molecular weight is 239 g/mol. The van der Waals surface area contributed by atoms with Gasteiger partial charge in [-0.15, -0.1) is 0 Å². The smallest absolute Gasteiger partial charge is 0.123 e. The number of ether oxygens (including phenoxy) is 2. The summed E-state index contributed by atoms with van der Waals surface area (Å²) in [5.74, 6) is 1.76. The molecule has 4 nitrogen and oxygen atoms in total. The molecule has 0 aliphatic carbocycles. The van der Waals surface area contributed by atoms with Gasteiger partial charge in [0.05, 0.1) is 21.3 Å². The molecule has 1 N–H and O–H groups in total. The lowest BCUT2D eigenvalue weighted by atomic mass is 10.0. The van der Waals surface area contributed by atoms with Crippen molar-refractivity contribution >= 4 is 0 Å². The van der Waals surface area contributed by atoms with E-state index in [2.05, 4.69) is 12.4 Å². The highest BCUT2D eigenvalue weighted by Crippen LogP contribution is 2.29. The highest BCUT2D eigenvalue weighted by Gasteiger charge is 2.10. The van der Waals surface area contributed by atoms with Crippen molar-refractivity contribution in [3.63, 3.8) is 0 Å². The summed E-state index contributed by atoms with van der Waals surface area (Å²) >= 11 is 0. The summed E-state index contributed by atoms with van der Waals surface area (Å²) < 4.78 is 10.8. The Morgan fingerprint density at radius 2 is 1.59 bits per heavy atom. The number of rotatable bonds is 7. The van der Waals surface area contributed by atoms with Crippen LogP contribution in [0.25, 0.3) is 0 Å². The van der Waals surface area contributed by atoms with Crippen molar-refractivity contribution in [3.05, 3.63) is 23.3 Å². The monoisotopic (exact) mass is 239 g/mol. The topological polar surface area (TPSA) is 39.7 Å². The lowest BCUT2D eigenvalue weighted by Gasteiger charge is -2.14. The minimum Gasteiger partial charge on any atom is -0.496 e. The van der Waals surface area contributed by atoms with Gasteiger partial charge in [0.15, 0.2) is 0 Å². The van der Waals surface area contributed by atoms with E-state index in [1.807, 2.05) is 12.1 Å². The van der Waals surface area contributed by atoms with Crippen molar-refractivity contribution in [1.82, 2.24) is 5.48 Å². The van der Waals surface area contributed by atoms with Crippen LogP contribution < -0.4 is 15.0 Å². The zero-order valence-electron chi connectivity index (χ0n) is 11.0. The van der Waals surface area contributed by atoms with Gasteiger partial charge in [-0.2, -0.15) is 5.48 Å². The SMILES string of the molecule is CCCc1cc(OC)c(CNOC)cc1OC. The predicted octanol–water partition coefficient (Wildman–Crippen LogP) is 2.31. The van der Waals surface area contributed by atoms with Crippen molar-refractivity contribution in [2.24, 2.45) is 0 Å². The maximum atomic E-state index is 5.39. The van der Waals surface area contributed by atoms with Gasteiger partial charge >= 0.3 is 0 Å². The van der Waals surface area contributed by atoms with Gasteiger partial charge in [0.2, 0.25) is 0 Å². The molecule has 0 aliphatic heterocycles. The Kier molecular flexibility index (Phi) is 5.80. The van der Waals surface area contributed by atoms with Crippen LogP contribution in [0.2, 0.25) is 0 Å². The van der Waals surface area contributed by atoms with E-state index in [4.69, 9.17) is 14.3 Å². The quantitative estimate of drug-likeness (QED) is 0.741. The first kappa shape index (κ1) is 13.8. The molecule has 0 atom stereocenters. The molecule has 0 radical (unpaired) electrons. The summed E-state index contributed by atoms with van der Waals surface area (Å²) in [7, 11) is 4.96. The number of hydroxylamine groups is 1. The van der Waals surface area contributed by atoms with E-state index in [0.717, 1.165) is 29.9 Å². The normalized spacial score (nSPS) is 10.4. The van der Waals surface area contributed by atoms with Crippen LogP contribution in [0.15, 0.2) is 12.1 Å². The Morgan fingerprint density at radius 1 is 1.00 bits per heavy atom. The number of nitrogens with one attached hydrogen (secondary N) is 1. The molecule has 17 heavy (non-hydrogen) atoms. The van der Waals surface area contributed by atoms with E-state index >= 15 is 0 Å². The van der Waals surface area contributed by atoms with Gasteiger partial charge in [-0.1, -0.05) is 13.3 Å². The third-order valence-electron chi connectivity index (χ3n) is 2.61. The molecular weight excluding hydrogens is 218 g/mol.